The number of phenolic OH excluding ortho intramolecular Hbond substituents is 6. The van der Waals surface area contributed by atoms with Gasteiger partial charge in [0.2, 0.25) is 11.5 Å². The van der Waals surface area contributed by atoms with E-state index in [-0.39, 0.29) is 32.8 Å². The number of carbonyl (C=O) groups is 2. The van der Waals surface area contributed by atoms with Crippen LogP contribution in [0.3, 0.4) is 0 Å². The van der Waals surface area contributed by atoms with E-state index in [4.69, 9.17) is 23.2 Å². The summed E-state index contributed by atoms with van der Waals surface area (Å²) in [6, 6.07) is 17.3. The Labute approximate surface area is 304 Å². The minimum atomic E-state index is -4.67. The van der Waals surface area contributed by atoms with E-state index in [1.807, 2.05) is 0 Å². The third kappa shape index (κ3) is 7.79. The number of aromatic hydroxyl groups is 6. The van der Waals surface area contributed by atoms with Crippen molar-refractivity contribution in [2.75, 3.05) is 20.1 Å². The Morgan fingerprint density at radius 3 is 1.17 bits per heavy atom. The van der Waals surface area contributed by atoms with Crippen LogP contribution in [0.2, 0.25) is 10.0 Å². The molecule has 270 valence electrons. The van der Waals surface area contributed by atoms with Gasteiger partial charge >= 0.3 is 0 Å². The Kier molecular flexibility index (Phi) is 10.2. The Hall–Kier alpha value is -6.08. The number of hydrogen-bond donors (Lipinski definition) is 10. The van der Waals surface area contributed by atoms with E-state index in [1.165, 1.54) is 66.7 Å². The van der Waals surface area contributed by atoms with Gasteiger partial charge in [-0.2, -0.15) is 0 Å². The number of halogens is 2. The molecule has 0 aliphatic rings. The predicted molar refractivity (Wildman–Crippen MR) is 190 cm³/mol. The first-order chi connectivity index (χ1) is 24.4. The first-order valence-electron chi connectivity index (χ1n) is 14.2. The number of rotatable bonds is 10. The zero-order valence-electron chi connectivity index (χ0n) is 25.8. The Bertz CT molecular complexity index is 2330. The van der Waals surface area contributed by atoms with E-state index in [9.17, 15) is 57.1 Å². The molecule has 0 bridgehead atoms. The molecule has 5 aromatic carbocycles. The maximum Gasteiger partial charge on any atom is 0.265 e. The minimum absolute atomic E-state index is 0.0211. The Morgan fingerprint density at radius 1 is 0.462 bits per heavy atom. The van der Waals surface area contributed by atoms with Crippen LogP contribution in [-0.2, 0) is 20.0 Å². The summed E-state index contributed by atoms with van der Waals surface area (Å²) in [5, 5.41) is 67.0. The fourth-order valence-corrected chi connectivity index (χ4v) is 7.32. The predicted octanol–water partition coefficient (Wildman–Crippen LogP) is 5.33. The van der Waals surface area contributed by atoms with Crippen molar-refractivity contribution in [3.63, 3.8) is 0 Å². The zero-order valence-corrected chi connectivity index (χ0v) is 28.9. The number of benzene rings is 5. The summed E-state index contributed by atoms with van der Waals surface area (Å²) >= 11 is 11.8. The highest BCUT2D eigenvalue weighted by Gasteiger charge is 2.30. The molecule has 52 heavy (non-hydrogen) atoms. The van der Waals surface area contributed by atoms with E-state index >= 15 is 0 Å². The molecule has 0 aliphatic heterocycles. The first-order valence-corrected chi connectivity index (χ1v) is 18.0. The Balaban J connectivity index is 1.39. The molecule has 2 amide bonds. The van der Waals surface area contributed by atoms with E-state index < -0.39 is 87.3 Å². The lowest BCUT2D eigenvalue weighted by atomic mass is 10.1. The lowest BCUT2D eigenvalue weighted by Gasteiger charge is -2.15. The van der Waals surface area contributed by atoms with Gasteiger partial charge in [0.05, 0.1) is 22.5 Å². The highest BCUT2D eigenvalue weighted by atomic mass is 35.5. The summed E-state index contributed by atoms with van der Waals surface area (Å²) in [5.74, 6) is -9.85. The van der Waals surface area contributed by atoms with Gasteiger partial charge in [0.25, 0.3) is 31.9 Å². The maximum atomic E-state index is 13.2. The smallest absolute Gasteiger partial charge is 0.265 e. The van der Waals surface area contributed by atoms with E-state index in [1.54, 1.807) is 0 Å². The number of anilines is 4. The van der Waals surface area contributed by atoms with Crippen molar-refractivity contribution in [2.24, 2.45) is 0 Å². The molecule has 0 atom stereocenters. The van der Waals surface area contributed by atoms with Crippen molar-refractivity contribution < 1.29 is 57.1 Å². The normalized spacial score (nSPS) is 11.4. The second-order valence-corrected chi connectivity index (χ2v) is 14.8. The van der Waals surface area contributed by atoms with Crippen molar-refractivity contribution in [2.45, 2.75) is 9.79 Å². The van der Waals surface area contributed by atoms with Gasteiger partial charge in [-0.1, -0.05) is 41.4 Å². The van der Waals surface area contributed by atoms with Crippen LogP contribution in [-0.4, -0.2) is 59.3 Å². The number of carbonyl (C=O) groups excluding carboxylic acids is 2. The van der Waals surface area contributed by atoms with E-state index in [0.29, 0.717) is 12.1 Å². The summed E-state index contributed by atoms with van der Waals surface area (Å²) in [5.41, 5.74) is -1.79. The molecule has 0 radical (unpaired) electrons. The second kappa shape index (κ2) is 14.3. The number of hydrogen-bond acceptors (Lipinski definition) is 12. The van der Waals surface area contributed by atoms with Gasteiger partial charge in [-0.3, -0.25) is 19.0 Å². The maximum absolute atomic E-state index is 13.2. The molecule has 0 aromatic heterocycles. The van der Waals surface area contributed by atoms with Gasteiger partial charge < -0.3 is 41.3 Å². The average Bonchev–Trinajstić information content (AvgIpc) is 3.05. The first kappa shape index (κ1) is 37.2. The molecule has 10 N–H and O–H groups in total. The average molecular weight is 792 g/mol. The van der Waals surface area contributed by atoms with Crippen molar-refractivity contribution in [3.8, 4) is 34.5 Å². The summed E-state index contributed by atoms with van der Waals surface area (Å²) in [7, 11) is -9.35. The summed E-state index contributed by atoms with van der Waals surface area (Å²) in [4.78, 5) is 24.4. The van der Waals surface area contributed by atoms with Crippen LogP contribution >= 0.6 is 23.2 Å². The van der Waals surface area contributed by atoms with Crippen LogP contribution in [0.4, 0.5) is 22.7 Å². The van der Waals surface area contributed by atoms with E-state index in [2.05, 4.69) is 20.1 Å². The lowest BCUT2D eigenvalue weighted by molar-refractivity contribution is 0.101. The van der Waals surface area contributed by atoms with Crippen LogP contribution in [0.5, 0.6) is 34.5 Å². The summed E-state index contributed by atoms with van der Waals surface area (Å²) in [6.45, 7) is 0. The molecule has 0 fully saturated rings. The molecule has 16 nitrogen and oxygen atoms in total. The summed E-state index contributed by atoms with van der Waals surface area (Å²) in [6.07, 6.45) is 0. The minimum Gasteiger partial charge on any atom is -0.504 e. The molecule has 0 spiro atoms. The number of sulfonamides is 2. The largest absolute Gasteiger partial charge is 0.504 e. The van der Waals surface area contributed by atoms with Crippen molar-refractivity contribution >= 4 is 77.8 Å². The fourth-order valence-electron chi connectivity index (χ4n) is 4.60. The molecule has 0 heterocycles. The fraction of sp³-hybridized carbons (Fsp3) is 0. The molecule has 0 saturated carbocycles. The highest BCUT2D eigenvalue weighted by molar-refractivity contribution is 7.93. The molecule has 0 aliphatic carbocycles. The van der Waals surface area contributed by atoms with Crippen LogP contribution in [0.1, 0.15) is 20.7 Å². The van der Waals surface area contributed by atoms with Crippen molar-refractivity contribution in [1.29, 1.82) is 0 Å². The van der Waals surface area contributed by atoms with E-state index in [0.717, 1.165) is 6.07 Å². The molecule has 0 saturated heterocycles. The van der Waals surface area contributed by atoms with Gasteiger partial charge in [-0.25, -0.2) is 16.8 Å². The lowest BCUT2D eigenvalue weighted by Crippen LogP contribution is -2.17. The van der Waals surface area contributed by atoms with Crippen molar-refractivity contribution in [1.82, 2.24) is 0 Å². The molecular weight excluding hydrogens is 767 g/mol. The standard InChI is InChI=1S/C32H24Cl2N4O12S2/c33-15-4-1-8-19(10-15)37-51(47,48)23-13-21(25(39)29(43)27(23)41)31(45)35-17-6-3-7-18(12-17)36-32(46)22-14-24(28(42)30(44)26(22)40)52(49,50)38-20-9-2-5-16(34)11-20/h1-14,37-44H,(H,35,45)(H,36,46). The monoisotopic (exact) mass is 790 g/mol. The third-order valence-electron chi connectivity index (χ3n) is 7.03. The zero-order chi connectivity index (χ0) is 38.1. The molecule has 5 aromatic rings. The van der Waals surface area contributed by atoms with Gasteiger partial charge in [-0.05, 0) is 66.7 Å². The summed E-state index contributed by atoms with van der Waals surface area (Å²) < 4.78 is 56.5. The number of nitrogens with one attached hydrogen (secondary N) is 4. The number of amides is 2. The molecular formula is C32H24Cl2N4O12S2. The SMILES string of the molecule is O=C(Nc1cccc(NC(=O)c2cc(S(=O)(=O)Nc3cccc(Cl)c3)c(O)c(O)c2O)c1)c1cc(S(=O)(=O)Nc2cccc(Cl)c2)c(O)c(O)c1O. The van der Waals surface area contributed by atoms with Crippen LogP contribution < -0.4 is 20.1 Å². The van der Waals surface area contributed by atoms with Gasteiger partial charge in [-0.15, -0.1) is 0 Å². The quantitative estimate of drug-likeness (QED) is 0.0804. The van der Waals surface area contributed by atoms with Crippen LogP contribution in [0.25, 0.3) is 0 Å². The van der Waals surface area contributed by atoms with Crippen LogP contribution in [0.15, 0.2) is 94.7 Å². The molecule has 20 heteroatoms. The molecule has 0 unspecified atom stereocenters. The highest BCUT2D eigenvalue weighted by Crippen LogP contribution is 2.44. The Morgan fingerprint density at radius 2 is 0.808 bits per heavy atom. The molecule has 5 rings (SSSR count). The third-order valence-corrected chi connectivity index (χ3v) is 10.3. The number of phenols is 6. The van der Waals surface area contributed by atoms with Crippen LogP contribution in [0, 0.1) is 0 Å². The second-order valence-electron chi connectivity index (χ2n) is 10.7. The van der Waals surface area contributed by atoms with Gasteiger partial charge in [0.15, 0.2) is 23.0 Å². The van der Waals surface area contributed by atoms with Gasteiger partial charge in [0.1, 0.15) is 9.79 Å². The van der Waals surface area contributed by atoms with Gasteiger partial charge in [0, 0.05) is 21.4 Å². The topological polar surface area (TPSA) is 272 Å². The van der Waals surface area contributed by atoms with Crippen molar-refractivity contribution in [3.05, 3.63) is 106 Å².